The SMILES string of the molecule is CCO[SiH](CC)CC(=O)O. The van der Waals surface area contributed by atoms with E-state index in [0.29, 0.717) is 6.61 Å². The van der Waals surface area contributed by atoms with Crippen molar-refractivity contribution >= 4 is 15.0 Å². The van der Waals surface area contributed by atoms with Gasteiger partial charge in [0.05, 0.1) is 6.04 Å². The van der Waals surface area contributed by atoms with Crippen molar-refractivity contribution in [2.75, 3.05) is 6.61 Å². The van der Waals surface area contributed by atoms with Gasteiger partial charge >= 0.3 is 5.97 Å². The molecule has 0 aliphatic heterocycles. The summed E-state index contributed by atoms with van der Waals surface area (Å²) in [5, 5.41) is 8.40. The van der Waals surface area contributed by atoms with Crippen molar-refractivity contribution in [3.05, 3.63) is 0 Å². The predicted octanol–water partition coefficient (Wildman–Crippen LogP) is 0.851. The van der Waals surface area contributed by atoms with Gasteiger partial charge in [-0.05, 0) is 13.0 Å². The smallest absolute Gasteiger partial charge is 0.302 e. The van der Waals surface area contributed by atoms with Crippen LogP contribution in [0.5, 0.6) is 0 Å². The summed E-state index contributed by atoms with van der Waals surface area (Å²) in [5.74, 6) is -0.730. The Morgan fingerprint density at radius 3 is 2.50 bits per heavy atom. The van der Waals surface area contributed by atoms with Gasteiger partial charge in [-0.2, -0.15) is 0 Å². The molecular formula is C6H14O3Si. The van der Waals surface area contributed by atoms with Crippen LogP contribution < -0.4 is 0 Å². The summed E-state index contributed by atoms with van der Waals surface area (Å²) in [6.45, 7) is 4.53. The lowest BCUT2D eigenvalue weighted by Gasteiger charge is -2.08. The fraction of sp³-hybridized carbons (Fsp3) is 0.833. The Labute approximate surface area is 62.7 Å². The van der Waals surface area contributed by atoms with Crippen LogP contribution in [-0.4, -0.2) is 26.7 Å². The van der Waals surface area contributed by atoms with Crippen molar-refractivity contribution in [3.63, 3.8) is 0 Å². The quantitative estimate of drug-likeness (QED) is 0.610. The molecule has 0 bridgehead atoms. The average Bonchev–Trinajstić information content (AvgIpc) is 1.86. The van der Waals surface area contributed by atoms with Crippen molar-refractivity contribution in [2.24, 2.45) is 0 Å². The first-order chi connectivity index (χ1) is 4.70. The van der Waals surface area contributed by atoms with Gasteiger partial charge in [-0.25, -0.2) is 0 Å². The van der Waals surface area contributed by atoms with E-state index in [1.165, 1.54) is 0 Å². The zero-order valence-electron chi connectivity index (χ0n) is 6.46. The molecule has 0 heterocycles. The first-order valence-electron chi connectivity index (χ1n) is 3.54. The number of carboxylic acid groups (broad SMARTS) is 1. The van der Waals surface area contributed by atoms with Gasteiger partial charge in [0, 0.05) is 6.61 Å². The van der Waals surface area contributed by atoms with Crippen LogP contribution in [0.2, 0.25) is 12.1 Å². The highest BCUT2D eigenvalue weighted by Gasteiger charge is 2.12. The van der Waals surface area contributed by atoms with Crippen LogP contribution >= 0.6 is 0 Å². The molecule has 0 saturated heterocycles. The molecule has 0 fully saturated rings. The van der Waals surface area contributed by atoms with Gasteiger partial charge in [0.2, 0.25) is 0 Å². The van der Waals surface area contributed by atoms with Gasteiger partial charge in [0.25, 0.3) is 0 Å². The normalized spacial score (nSPS) is 13.0. The third kappa shape index (κ3) is 4.52. The minimum Gasteiger partial charge on any atom is -0.481 e. The Morgan fingerprint density at radius 1 is 1.60 bits per heavy atom. The first-order valence-corrected chi connectivity index (χ1v) is 5.64. The van der Waals surface area contributed by atoms with Gasteiger partial charge < -0.3 is 9.53 Å². The molecule has 3 nitrogen and oxygen atoms in total. The van der Waals surface area contributed by atoms with E-state index in [0.717, 1.165) is 6.04 Å². The molecule has 0 saturated carbocycles. The number of rotatable bonds is 5. The molecule has 4 heteroatoms. The minimum absolute atomic E-state index is 0.254. The van der Waals surface area contributed by atoms with Crippen molar-refractivity contribution in [1.82, 2.24) is 0 Å². The molecule has 0 radical (unpaired) electrons. The number of carboxylic acids is 1. The van der Waals surface area contributed by atoms with Crippen LogP contribution in [-0.2, 0) is 9.22 Å². The number of hydrogen-bond acceptors (Lipinski definition) is 2. The summed E-state index contributed by atoms with van der Waals surface area (Å²) >= 11 is 0. The number of carbonyl (C=O) groups is 1. The summed E-state index contributed by atoms with van der Waals surface area (Å²) in [5.41, 5.74) is 0. The van der Waals surface area contributed by atoms with Gasteiger partial charge in [-0.1, -0.05) is 6.92 Å². The minimum atomic E-state index is -1.37. The van der Waals surface area contributed by atoms with E-state index in [1.807, 2.05) is 13.8 Å². The van der Waals surface area contributed by atoms with Crippen molar-refractivity contribution < 1.29 is 14.3 Å². The van der Waals surface area contributed by atoms with Gasteiger partial charge in [-0.15, -0.1) is 0 Å². The monoisotopic (exact) mass is 162 g/mol. The van der Waals surface area contributed by atoms with Gasteiger partial charge in [0.15, 0.2) is 9.04 Å². The van der Waals surface area contributed by atoms with Crippen molar-refractivity contribution in [1.29, 1.82) is 0 Å². The summed E-state index contributed by atoms with van der Waals surface area (Å²) in [6.07, 6.45) is 0. The van der Waals surface area contributed by atoms with Gasteiger partial charge in [0.1, 0.15) is 0 Å². The maximum atomic E-state index is 10.2. The molecule has 1 N–H and O–H groups in total. The first kappa shape index (κ1) is 9.65. The van der Waals surface area contributed by atoms with Crippen LogP contribution in [0, 0.1) is 0 Å². The molecule has 0 aliphatic rings. The lowest BCUT2D eigenvalue weighted by atomic mass is 10.8. The lowest BCUT2D eigenvalue weighted by Crippen LogP contribution is -2.20. The summed E-state index contributed by atoms with van der Waals surface area (Å²) in [7, 11) is -1.37. The number of aliphatic carboxylic acids is 1. The zero-order valence-corrected chi connectivity index (χ0v) is 7.62. The van der Waals surface area contributed by atoms with Crippen molar-refractivity contribution in [3.8, 4) is 0 Å². The number of hydrogen-bond donors (Lipinski definition) is 1. The third-order valence-electron chi connectivity index (χ3n) is 1.26. The molecule has 60 valence electrons. The average molecular weight is 162 g/mol. The molecule has 0 spiro atoms. The van der Waals surface area contributed by atoms with Crippen LogP contribution in [0.15, 0.2) is 0 Å². The summed E-state index contributed by atoms with van der Waals surface area (Å²) < 4.78 is 5.26. The Balaban J connectivity index is 3.49. The van der Waals surface area contributed by atoms with Crippen LogP contribution in [0.3, 0.4) is 0 Å². The van der Waals surface area contributed by atoms with E-state index in [2.05, 4.69) is 0 Å². The molecule has 10 heavy (non-hydrogen) atoms. The largest absolute Gasteiger partial charge is 0.481 e. The maximum absolute atomic E-state index is 10.2. The van der Waals surface area contributed by atoms with E-state index in [9.17, 15) is 4.79 Å². The lowest BCUT2D eigenvalue weighted by molar-refractivity contribution is -0.134. The predicted molar refractivity (Wildman–Crippen MR) is 41.7 cm³/mol. The van der Waals surface area contributed by atoms with E-state index in [4.69, 9.17) is 9.53 Å². The van der Waals surface area contributed by atoms with E-state index < -0.39 is 15.0 Å². The van der Waals surface area contributed by atoms with E-state index in [-0.39, 0.29) is 6.04 Å². The second kappa shape index (κ2) is 5.43. The van der Waals surface area contributed by atoms with Crippen LogP contribution in [0.1, 0.15) is 13.8 Å². The Hall–Kier alpha value is -0.353. The highest BCUT2D eigenvalue weighted by molar-refractivity contribution is 6.55. The van der Waals surface area contributed by atoms with Gasteiger partial charge in [-0.3, -0.25) is 4.79 Å². The Bertz CT molecular complexity index is 105. The van der Waals surface area contributed by atoms with E-state index in [1.54, 1.807) is 0 Å². The molecule has 0 aromatic carbocycles. The van der Waals surface area contributed by atoms with Crippen LogP contribution in [0.25, 0.3) is 0 Å². The second-order valence-electron chi connectivity index (χ2n) is 2.08. The fourth-order valence-electron chi connectivity index (χ4n) is 0.752. The summed E-state index contributed by atoms with van der Waals surface area (Å²) in [4.78, 5) is 10.2. The van der Waals surface area contributed by atoms with Crippen molar-refractivity contribution in [2.45, 2.75) is 25.9 Å². The molecule has 1 atom stereocenters. The molecular weight excluding hydrogens is 148 g/mol. The molecule has 1 unspecified atom stereocenters. The Kier molecular flexibility index (Phi) is 5.24. The molecule has 0 aromatic heterocycles. The molecule has 0 rings (SSSR count). The summed E-state index contributed by atoms with van der Waals surface area (Å²) in [6, 6.07) is 1.16. The topological polar surface area (TPSA) is 46.5 Å². The highest BCUT2D eigenvalue weighted by atomic mass is 28.3. The fourth-order valence-corrected chi connectivity index (χ4v) is 2.25. The molecule has 0 aliphatic carbocycles. The van der Waals surface area contributed by atoms with E-state index >= 15 is 0 Å². The zero-order chi connectivity index (χ0) is 7.98. The standard InChI is InChI=1S/C6H14O3Si/c1-3-9-10(4-2)5-6(7)8/h10H,3-5H2,1-2H3,(H,7,8). The molecule has 0 aromatic rings. The second-order valence-corrected chi connectivity index (χ2v) is 4.89. The Morgan fingerprint density at radius 2 is 2.20 bits per heavy atom. The highest BCUT2D eigenvalue weighted by Crippen LogP contribution is 1.99. The third-order valence-corrected chi connectivity index (χ3v) is 3.78. The molecule has 0 amide bonds. The van der Waals surface area contributed by atoms with Crippen LogP contribution in [0.4, 0.5) is 0 Å². The maximum Gasteiger partial charge on any atom is 0.302 e.